The number of hydrogen-bond acceptors (Lipinski definition) is 3. The minimum absolute atomic E-state index is 0.103. The Hall–Kier alpha value is -2.16. The number of cyclic esters (lactones) is 1. The third kappa shape index (κ3) is 4.84. The van der Waals surface area contributed by atoms with Crippen LogP contribution in [0.5, 0.6) is 0 Å². The van der Waals surface area contributed by atoms with Crippen molar-refractivity contribution < 1.29 is 14.3 Å². The summed E-state index contributed by atoms with van der Waals surface area (Å²) >= 11 is 0. The number of allylic oxidation sites excluding steroid dienone is 1. The first-order chi connectivity index (χ1) is 9.74. The van der Waals surface area contributed by atoms with E-state index in [1.54, 1.807) is 12.2 Å². The first-order valence-electron chi connectivity index (χ1n) is 6.84. The first kappa shape index (κ1) is 14.3. The van der Waals surface area contributed by atoms with Gasteiger partial charge in [-0.3, -0.25) is 4.79 Å². The van der Waals surface area contributed by atoms with Gasteiger partial charge in [0.15, 0.2) is 5.78 Å². The fourth-order valence-corrected chi connectivity index (χ4v) is 2.06. The van der Waals surface area contributed by atoms with E-state index in [1.165, 1.54) is 11.6 Å². The van der Waals surface area contributed by atoms with Crippen molar-refractivity contribution in [3.05, 3.63) is 60.2 Å². The van der Waals surface area contributed by atoms with Gasteiger partial charge >= 0.3 is 5.97 Å². The highest BCUT2D eigenvalue weighted by molar-refractivity contribution is 5.89. The van der Waals surface area contributed by atoms with Crippen molar-refractivity contribution in [2.75, 3.05) is 0 Å². The van der Waals surface area contributed by atoms with E-state index in [0.717, 1.165) is 6.42 Å². The average Bonchev–Trinajstić information content (AvgIpc) is 2.46. The molecule has 0 aromatic heterocycles. The second kappa shape index (κ2) is 7.43. The summed E-state index contributed by atoms with van der Waals surface area (Å²) in [7, 11) is 0. The van der Waals surface area contributed by atoms with Crippen LogP contribution in [0.4, 0.5) is 0 Å². The van der Waals surface area contributed by atoms with Crippen LogP contribution in [-0.2, 0) is 20.7 Å². The lowest BCUT2D eigenvalue weighted by molar-refractivity contribution is -0.143. The maximum atomic E-state index is 11.7. The maximum Gasteiger partial charge on any atom is 0.330 e. The molecule has 1 atom stereocenters. The van der Waals surface area contributed by atoms with Crippen molar-refractivity contribution in [2.45, 2.75) is 31.8 Å². The number of ether oxygens (including phenoxy) is 1. The molecular formula is C17H18O3. The van der Waals surface area contributed by atoms with Crippen LogP contribution in [0.15, 0.2) is 54.6 Å². The van der Waals surface area contributed by atoms with Gasteiger partial charge in [-0.25, -0.2) is 4.79 Å². The molecule has 1 aliphatic rings. The van der Waals surface area contributed by atoms with Gasteiger partial charge in [-0.15, -0.1) is 0 Å². The Labute approximate surface area is 118 Å². The Morgan fingerprint density at radius 1 is 1.30 bits per heavy atom. The van der Waals surface area contributed by atoms with Gasteiger partial charge in [0.2, 0.25) is 0 Å². The molecule has 0 fully saturated rings. The largest absolute Gasteiger partial charge is 0.459 e. The summed E-state index contributed by atoms with van der Waals surface area (Å²) in [4.78, 5) is 22.7. The van der Waals surface area contributed by atoms with Gasteiger partial charge in [-0.05, 0) is 18.1 Å². The predicted molar refractivity (Wildman–Crippen MR) is 77.2 cm³/mol. The Kier molecular flexibility index (Phi) is 5.30. The number of carbonyl (C=O) groups is 2. The number of rotatable bonds is 6. The highest BCUT2D eigenvalue weighted by Gasteiger charge is 2.13. The zero-order valence-corrected chi connectivity index (χ0v) is 11.3. The van der Waals surface area contributed by atoms with Gasteiger partial charge in [0, 0.05) is 25.3 Å². The van der Waals surface area contributed by atoms with Gasteiger partial charge in [0.1, 0.15) is 6.10 Å². The fraction of sp³-hybridized carbons (Fsp3) is 0.294. The maximum absolute atomic E-state index is 11.7. The smallest absolute Gasteiger partial charge is 0.330 e. The monoisotopic (exact) mass is 270 g/mol. The zero-order chi connectivity index (χ0) is 14.2. The molecule has 1 heterocycles. The summed E-state index contributed by atoms with van der Waals surface area (Å²) in [6.45, 7) is 0. The number of hydrogen-bond donors (Lipinski definition) is 0. The van der Waals surface area contributed by atoms with E-state index in [2.05, 4.69) is 0 Å². The van der Waals surface area contributed by atoms with E-state index in [-0.39, 0.29) is 17.9 Å². The van der Waals surface area contributed by atoms with E-state index < -0.39 is 0 Å². The molecule has 1 aromatic carbocycles. The summed E-state index contributed by atoms with van der Waals surface area (Å²) in [5.41, 5.74) is 1.17. The molecule has 2 rings (SSSR count). The van der Waals surface area contributed by atoms with Crippen LogP contribution in [0, 0.1) is 0 Å². The molecule has 1 aromatic rings. The molecule has 0 radical (unpaired) electrons. The third-order valence-electron chi connectivity index (χ3n) is 3.14. The minimum Gasteiger partial charge on any atom is -0.459 e. The van der Waals surface area contributed by atoms with Crippen molar-refractivity contribution in [2.24, 2.45) is 0 Å². The van der Waals surface area contributed by atoms with Crippen LogP contribution >= 0.6 is 0 Å². The lowest BCUT2D eigenvalue weighted by Gasteiger charge is -2.16. The number of benzene rings is 1. The molecule has 3 nitrogen and oxygen atoms in total. The molecule has 0 unspecified atom stereocenters. The first-order valence-corrected chi connectivity index (χ1v) is 6.84. The molecule has 0 spiro atoms. The number of esters is 1. The summed E-state index contributed by atoms with van der Waals surface area (Å²) < 4.78 is 5.11. The van der Waals surface area contributed by atoms with E-state index >= 15 is 0 Å². The van der Waals surface area contributed by atoms with E-state index in [4.69, 9.17) is 4.74 Å². The SMILES string of the molecule is O=C(/C=C/C[C@@H]1CC=CC(=O)O1)CCc1ccccc1. The Morgan fingerprint density at radius 3 is 2.85 bits per heavy atom. The van der Waals surface area contributed by atoms with Crippen LogP contribution in [-0.4, -0.2) is 17.9 Å². The van der Waals surface area contributed by atoms with Crippen molar-refractivity contribution in [1.29, 1.82) is 0 Å². The number of ketones is 1. The lowest BCUT2D eigenvalue weighted by atomic mass is 10.1. The lowest BCUT2D eigenvalue weighted by Crippen LogP contribution is -2.19. The van der Waals surface area contributed by atoms with E-state index in [0.29, 0.717) is 19.3 Å². The van der Waals surface area contributed by atoms with Crippen LogP contribution in [0.25, 0.3) is 0 Å². The fourth-order valence-electron chi connectivity index (χ4n) is 2.06. The predicted octanol–water partition coefficient (Wildman–Crippen LogP) is 3.01. The molecule has 20 heavy (non-hydrogen) atoms. The van der Waals surface area contributed by atoms with Gasteiger partial charge in [-0.1, -0.05) is 42.5 Å². The second-order valence-electron chi connectivity index (χ2n) is 4.79. The Bertz CT molecular complexity index is 514. The standard InChI is InChI=1S/C17H18O3/c18-15(13-12-14-6-2-1-3-7-14)8-4-9-16-10-5-11-17(19)20-16/h1-8,11,16H,9-10,12-13H2/b8-4+/t16-/m1/s1. The normalized spacial score (nSPS) is 18.2. The van der Waals surface area contributed by atoms with E-state index in [1.807, 2.05) is 36.4 Å². The minimum atomic E-state index is -0.301. The van der Waals surface area contributed by atoms with Gasteiger partial charge in [-0.2, -0.15) is 0 Å². The van der Waals surface area contributed by atoms with Gasteiger partial charge in [0.05, 0.1) is 0 Å². The quantitative estimate of drug-likeness (QED) is 0.589. The molecule has 1 aliphatic heterocycles. The third-order valence-corrected chi connectivity index (χ3v) is 3.14. The molecule has 3 heteroatoms. The summed E-state index contributed by atoms with van der Waals surface area (Å²) in [5.74, 6) is -0.198. The van der Waals surface area contributed by atoms with Crippen molar-refractivity contribution in [3.63, 3.8) is 0 Å². The molecule has 104 valence electrons. The van der Waals surface area contributed by atoms with Crippen molar-refractivity contribution >= 4 is 11.8 Å². The van der Waals surface area contributed by atoms with Crippen LogP contribution in [0.2, 0.25) is 0 Å². The molecule has 0 N–H and O–H groups in total. The molecule has 0 saturated carbocycles. The highest BCUT2D eigenvalue weighted by atomic mass is 16.5. The number of carbonyl (C=O) groups excluding carboxylic acids is 2. The van der Waals surface area contributed by atoms with Crippen LogP contribution < -0.4 is 0 Å². The second-order valence-corrected chi connectivity index (χ2v) is 4.79. The van der Waals surface area contributed by atoms with Gasteiger partial charge < -0.3 is 4.74 Å². The molecule has 0 amide bonds. The number of aryl methyl sites for hydroxylation is 1. The van der Waals surface area contributed by atoms with Crippen LogP contribution in [0.3, 0.4) is 0 Å². The average molecular weight is 270 g/mol. The summed E-state index contributed by atoms with van der Waals surface area (Å²) in [5, 5.41) is 0. The molecule has 0 saturated heterocycles. The topological polar surface area (TPSA) is 43.4 Å². The van der Waals surface area contributed by atoms with Crippen LogP contribution in [0.1, 0.15) is 24.8 Å². The van der Waals surface area contributed by atoms with E-state index in [9.17, 15) is 9.59 Å². The Balaban J connectivity index is 1.70. The van der Waals surface area contributed by atoms with Gasteiger partial charge in [0.25, 0.3) is 0 Å². The highest BCUT2D eigenvalue weighted by Crippen LogP contribution is 2.11. The zero-order valence-electron chi connectivity index (χ0n) is 11.3. The molecule has 0 bridgehead atoms. The molecular weight excluding hydrogens is 252 g/mol. The summed E-state index contributed by atoms with van der Waals surface area (Å²) in [6, 6.07) is 9.95. The van der Waals surface area contributed by atoms with Crippen molar-refractivity contribution in [1.82, 2.24) is 0 Å². The summed E-state index contributed by atoms with van der Waals surface area (Å²) in [6.07, 6.45) is 9.06. The molecule has 0 aliphatic carbocycles. The Morgan fingerprint density at radius 2 is 2.10 bits per heavy atom. The van der Waals surface area contributed by atoms with Crippen molar-refractivity contribution in [3.8, 4) is 0 Å².